The molecule has 2 heterocycles. The molecule has 1 amide bonds. The van der Waals surface area contributed by atoms with E-state index in [-0.39, 0.29) is 18.8 Å². The topological polar surface area (TPSA) is 56.7 Å². The van der Waals surface area contributed by atoms with Crippen LogP contribution >= 0.6 is 0 Å². The van der Waals surface area contributed by atoms with Gasteiger partial charge in [0, 0.05) is 25.1 Å². The van der Waals surface area contributed by atoms with Crippen LogP contribution < -0.4 is 10.5 Å². The van der Waals surface area contributed by atoms with Gasteiger partial charge in [-0.1, -0.05) is 0 Å². The lowest BCUT2D eigenvalue weighted by Crippen LogP contribution is -2.33. The van der Waals surface area contributed by atoms with Gasteiger partial charge in [0.05, 0.1) is 12.6 Å². The highest BCUT2D eigenvalue weighted by Crippen LogP contribution is 2.51. The summed E-state index contributed by atoms with van der Waals surface area (Å²) in [5.74, 6) is -2.82. The Morgan fingerprint density at radius 2 is 2.14 bits per heavy atom. The summed E-state index contributed by atoms with van der Waals surface area (Å²) in [6.07, 6.45) is 1.30. The minimum atomic E-state index is -2.61. The molecule has 4 nitrogen and oxygen atoms in total. The molecule has 0 aromatic carbocycles. The van der Waals surface area contributed by atoms with E-state index >= 15 is 0 Å². The number of carbonyl (C=O) groups excluding carboxylic acids is 1. The van der Waals surface area contributed by atoms with E-state index in [4.69, 9.17) is 10.5 Å². The molecule has 2 N–H and O–H groups in total. The first-order chi connectivity index (χ1) is 9.84. The molecule has 112 valence electrons. The Morgan fingerprint density at radius 3 is 2.67 bits per heavy atom. The summed E-state index contributed by atoms with van der Waals surface area (Å²) in [5.41, 5.74) is 7.94. The minimum Gasteiger partial charge on any atom is -0.497 e. The summed E-state index contributed by atoms with van der Waals surface area (Å²) < 4.78 is 33.2. The van der Waals surface area contributed by atoms with Gasteiger partial charge in [-0.15, -0.1) is 0 Å². The highest BCUT2D eigenvalue weighted by molar-refractivity contribution is 5.95. The Kier molecular flexibility index (Phi) is 2.93. The zero-order valence-electron chi connectivity index (χ0n) is 11.8. The molecule has 0 spiro atoms. The van der Waals surface area contributed by atoms with Crippen molar-refractivity contribution in [3.8, 4) is 5.75 Å². The van der Waals surface area contributed by atoms with Gasteiger partial charge in [-0.25, -0.2) is 8.78 Å². The number of aromatic nitrogens is 1. The fourth-order valence-corrected chi connectivity index (χ4v) is 3.19. The first-order valence-electron chi connectivity index (χ1n) is 6.70. The first-order valence-corrected chi connectivity index (χ1v) is 6.70. The summed E-state index contributed by atoms with van der Waals surface area (Å²) in [6, 6.07) is 3.46. The zero-order chi connectivity index (χ0) is 15.4. The number of ether oxygens (including phenoxy) is 1. The van der Waals surface area contributed by atoms with Crippen LogP contribution in [0.4, 0.5) is 8.78 Å². The van der Waals surface area contributed by atoms with Crippen LogP contribution in [0.2, 0.25) is 0 Å². The molecular formula is C15H16F2N2O2. The quantitative estimate of drug-likeness (QED) is 0.946. The number of nitrogens with two attached hydrogens (primary N) is 1. The Morgan fingerprint density at radius 1 is 1.48 bits per heavy atom. The van der Waals surface area contributed by atoms with Crippen molar-refractivity contribution in [3.63, 3.8) is 0 Å². The SMILES string of the molecule is COc1ccn2c(C(N)=O)c(C)c(C3CC(F)(F)C3)c2c1. The van der Waals surface area contributed by atoms with E-state index in [2.05, 4.69) is 0 Å². The van der Waals surface area contributed by atoms with Gasteiger partial charge in [0.1, 0.15) is 11.4 Å². The van der Waals surface area contributed by atoms with Gasteiger partial charge in [-0.2, -0.15) is 0 Å². The first kappa shape index (κ1) is 13.9. The summed E-state index contributed by atoms with van der Waals surface area (Å²) in [4.78, 5) is 11.7. The third-order valence-electron chi connectivity index (χ3n) is 4.17. The second kappa shape index (κ2) is 4.44. The monoisotopic (exact) mass is 294 g/mol. The fourth-order valence-electron chi connectivity index (χ4n) is 3.19. The van der Waals surface area contributed by atoms with Crippen molar-refractivity contribution in [1.29, 1.82) is 0 Å². The van der Waals surface area contributed by atoms with Crippen molar-refractivity contribution in [2.75, 3.05) is 7.11 Å². The van der Waals surface area contributed by atoms with Crippen LogP contribution in [0.3, 0.4) is 0 Å². The number of hydrogen-bond acceptors (Lipinski definition) is 2. The van der Waals surface area contributed by atoms with E-state index in [1.165, 1.54) is 7.11 Å². The van der Waals surface area contributed by atoms with Gasteiger partial charge in [0.25, 0.3) is 5.91 Å². The molecule has 0 saturated heterocycles. The molecule has 6 heteroatoms. The zero-order valence-corrected chi connectivity index (χ0v) is 11.8. The predicted molar refractivity (Wildman–Crippen MR) is 74.1 cm³/mol. The fraction of sp³-hybridized carbons (Fsp3) is 0.400. The van der Waals surface area contributed by atoms with E-state index in [0.29, 0.717) is 22.5 Å². The molecule has 2 aromatic rings. The van der Waals surface area contributed by atoms with Crippen LogP contribution in [0.5, 0.6) is 5.75 Å². The Labute approximate surface area is 120 Å². The molecule has 2 aromatic heterocycles. The molecule has 1 aliphatic rings. The molecule has 1 aliphatic carbocycles. The minimum absolute atomic E-state index is 0.192. The van der Waals surface area contributed by atoms with Crippen molar-refractivity contribution in [2.45, 2.75) is 31.6 Å². The van der Waals surface area contributed by atoms with Crippen molar-refractivity contribution < 1.29 is 18.3 Å². The average Bonchev–Trinajstić information content (AvgIpc) is 2.66. The molecule has 3 rings (SSSR count). The van der Waals surface area contributed by atoms with Crippen molar-refractivity contribution in [3.05, 3.63) is 35.2 Å². The molecule has 0 bridgehead atoms. The third-order valence-corrected chi connectivity index (χ3v) is 4.17. The largest absolute Gasteiger partial charge is 0.497 e. The number of nitrogens with zero attached hydrogens (tertiary/aromatic N) is 1. The number of pyridine rings is 1. The number of alkyl halides is 2. The predicted octanol–water partition coefficient (Wildman–Crippen LogP) is 2.87. The molecule has 1 saturated carbocycles. The van der Waals surface area contributed by atoms with Crippen LogP contribution in [0.1, 0.15) is 40.4 Å². The second-order valence-corrected chi connectivity index (χ2v) is 5.53. The average molecular weight is 294 g/mol. The van der Waals surface area contributed by atoms with Gasteiger partial charge < -0.3 is 14.9 Å². The van der Waals surface area contributed by atoms with Crippen LogP contribution in [0.15, 0.2) is 18.3 Å². The maximum atomic E-state index is 13.2. The highest BCUT2D eigenvalue weighted by atomic mass is 19.3. The molecule has 0 unspecified atom stereocenters. The standard InChI is InChI=1S/C15H16F2N2O2/c1-8-12(9-6-15(16,17)7-9)11-5-10(21-2)3-4-19(11)13(8)14(18)20/h3-5,9H,6-7H2,1-2H3,(H2,18,20). The second-order valence-electron chi connectivity index (χ2n) is 5.53. The summed E-state index contributed by atoms with van der Waals surface area (Å²) in [5, 5.41) is 0. The van der Waals surface area contributed by atoms with Crippen LogP contribution in [-0.4, -0.2) is 23.3 Å². The van der Waals surface area contributed by atoms with Gasteiger partial charge in [-0.05, 0) is 30.0 Å². The van der Waals surface area contributed by atoms with E-state index in [9.17, 15) is 13.6 Å². The van der Waals surface area contributed by atoms with Crippen LogP contribution in [0, 0.1) is 6.92 Å². The molecule has 0 aliphatic heterocycles. The maximum Gasteiger partial charge on any atom is 0.265 e. The van der Waals surface area contributed by atoms with E-state index in [0.717, 1.165) is 5.56 Å². The van der Waals surface area contributed by atoms with Crippen molar-refractivity contribution >= 4 is 11.4 Å². The third kappa shape index (κ3) is 2.05. The lowest BCUT2D eigenvalue weighted by Gasteiger charge is -2.35. The maximum absolute atomic E-state index is 13.2. The lowest BCUT2D eigenvalue weighted by molar-refractivity contribution is -0.0865. The molecule has 21 heavy (non-hydrogen) atoms. The van der Waals surface area contributed by atoms with E-state index in [1.807, 2.05) is 0 Å². The molecule has 0 atom stereocenters. The van der Waals surface area contributed by atoms with Crippen molar-refractivity contribution in [1.82, 2.24) is 4.40 Å². The smallest absolute Gasteiger partial charge is 0.265 e. The number of hydrogen-bond donors (Lipinski definition) is 1. The highest BCUT2D eigenvalue weighted by Gasteiger charge is 2.47. The summed E-state index contributed by atoms with van der Waals surface area (Å²) in [7, 11) is 1.54. The number of halogens is 2. The number of primary amides is 1. The van der Waals surface area contributed by atoms with Crippen molar-refractivity contribution in [2.24, 2.45) is 5.73 Å². The Balaban J connectivity index is 2.22. The van der Waals surface area contributed by atoms with E-state index < -0.39 is 11.8 Å². The molecular weight excluding hydrogens is 278 g/mol. The Hall–Kier alpha value is -2.11. The van der Waals surface area contributed by atoms with Gasteiger partial charge in [0.2, 0.25) is 5.92 Å². The number of rotatable bonds is 3. The van der Waals surface area contributed by atoms with E-state index in [1.54, 1.807) is 29.7 Å². The number of methoxy groups -OCH3 is 1. The van der Waals surface area contributed by atoms with Gasteiger partial charge in [0.15, 0.2) is 0 Å². The summed E-state index contributed by atoms with van der Waals surface area (Å²) >= 11 is 0. The van der Waals surface area contributed by atoms with Crippen LogP contribution in [-0.2, 0) is 0 Å². The van der Waals surface area contributed by atoms with Gasteiger partial charge in [-0.3, -0.25) is 4.79 Å². The number of amides is 1. The molecule has 1 fully saturated rings. The summed E-state index contributed by atoms with van der Waals surface area (Å²) in [6.45, 7) is 1.76. The number of carbonyl (C=O) groups is 1. The molecule has 0 radical (unpaired) electrons. The lowest BCUT2D eigenvalue weighted by atomic mass is 9.75. The normalized spacial score (nSPS) is 17.7. The number of fused-ring (bicyclic) bond motifs is 1. The Bertz CT molecular complexity index is 729. The van der Waals surface area contributed by atoms with Crippen LogP contribution in [0.25, 0.3) is 5.52 Å². The van der Waals surface area contributed by atoms with Gasteiger partial charge >= 0.3 is 0 Å².